The van der Waals surface area contributed by atoms with E-state index < -0.39 is 0 Å². The van der Waals surface area contributed by atoms with Crippen molar-refractivity contribution in [2.45, 2.75) is 6.61 Å². The Balaban J connectivity index is 2.06. The van der Waals surface area contributed by atoms with E-state index in [1.807, 2.05) is 18.2 Å². The number of nitrogens with zero attached hydrogens (tertiary/aromatic N) is 3. The van der Waals surface area contributed by atoms with Crippen LogP contribution in [0.5, 0.6) is 5.75 Å². The smallest absolute Gasteiger partial charge is 0.148 e. The second-order valence-electron chi connectivity index (χ2n) is 4.91. The van der Waals surface area contributed by atoms with Crippen molar-refractivity contribution < 1.29 is 9.84 Å². The van der Waals surface area contributed by atoms with Crippen molar-refractivity contribution in [3.8, 4) is 11.8 Å². The van der Waals surface area contributed by atoms with Gasteiger partial charge in [0.25, 0.3) is 0 Å². The first-order valence-electron chi connectivity index (χ1n) is 6.95. The molecule has 0 aliphatic heterocycles. The minimum Gasteiger partial charge on any atom is -0.495 e. The molecule has 0 atom stereocenters. The lowest BCUT2D eigenvalue weighted by Crippen LogP contribution is -1.89. The summed E-state index contributed by atoms with van der Waals surface area (Å²) >= 11 is 0. The number of H-pyrrole nitrogens is 1. The molecule has 0 saturated heterocycles. The highest BCUT2D eigenvalue weighted by Crippen LogP contribution is 2.31. The van der Waals surface area contributed by atoms with Crippen LogP contribution in [0.25, 0.3) is 23.1 Å². The van der Waals surface area contributed by atoms with Gasteiger partial charge in [-0.15, -0.1) is 0 Å². The molecule has 0 spiro atoms. The summed E-state index contributed by atoms with van der Waals surface area (Å²) in [5.74, 6) is 0.501. The summed E-state index contributed by atoms with van der Waals surface area (Å²) in [6.07, 6.45) is 6.98. The van der Waals surface area contributed by atoms with Gasteiger partial charge >= 0.3 is 0 Å². The number of nitriles is 1. The zero-order valence-corrected chi connectivity index (χ0v) is 12.4. The van der Waals surface area contributed by atoms with Gasteiger partial charge in [-0.25, -0.2) is 0 Å². The minimum atomic E-state index is -0.0562. The van der Waals surface area contributed by atoms with Crippen molar-refractivity contribution in [2.75, 3.05) is 7.11 Å². The van der Waals surface area contributed by atoms with Crippen LogP contribution < -0.4 is 4.74 Å². The summed E-state index contributed by atoms with van der Waals surface area (Å²) in [5.41, 5.74) is 3.51. The first-order chi connectivity index (χ1) is 11.3. The number of hydrogen-bond acceptors (Lipinski definition) is 5. The maximum atomic E-state index is 9.19. The minimum absolute atomic E-state index is 0.0562. The van der Waals surface area contributed by atoms with Crippen LogP contribution in [0.4, 0.5) is 0 Å². The largest absolute Gasteiger partial charge is 0.495 e. The number of aliphatic hydroxyl groups excluding tert-OH is 1. The third-order valence-electron chi connectivity index (χ3n) is 3.47. The van der Waals surface area contributed by atoms with Crippen LogP contribution in [-0.4, -0.2) is 27.4 Å². The zero-order chi connectivity index (χ0) is 16.2. The number of benzene rings is 1. The highest BCUT2D eigenvalue weighted by Gasteiger charge is 2.13. The molecule has 0 bridgehead atoms. The highest BCUT2D eigenvalue weighted by atomic mass is 16.5. The summed E-state index contributed by atoms with van der Waals surface area (Å²) in [4.78, 5) is 4.07. The third kappa shape index (κ3) is 2.78. The van der Waals surface area contributed by atoms with Gasteiger partial charge in [0.1, 0.15) is 11.8 Å². The maximum absolute atomic E-state index is 9.19. The fourth-order valence-electron chi connectivity index (χ4n) is 2.39. The fraction of sp³-hybridized carbons (Fsp3) is 0.118. The molecule has 6 heteroatoms. The van der Waals surface area contributed by atoms with Crippen LogP contribution in [0.15, 0.2) is 30.6 Å². The molecule has 0 saturated carbocycles. The van der Waals surface area contributed by atoms with Gasteiger partial charge in [0.15, 0.2) is 0 Å². The molecule has 0 aliphatic carbocycles. The van der Waals surface area contributed by atoms with Gasteiger partial charge in [-0.3, -0.25) is 10.1 Å². The van der Waals surface area contributed by atoms with E-state index in [2.05, 4.69) is 21.3 Å². The number of ether oxygens (including phenoxy) is 1. The van der Waals surface area contributed by atoms with Crippen LogP contribution >= 0.6 is 0 Å². The second-order valence-corrected chi connectivity index (χ2v) is 4.91. The molecule has 6 nitrogen and oxygen atoms in total. The number of nitrogens with one attached hydrogen (secondary N) is 1. The summed E-state index contributed by atoms with van der Waals surface area (Å²) in [6, 6.07) is 7.46. The van der Waals surface area contributed by atoms with Crippen molar-refractivity contribution in [3.05, 3.63) is 53.0 Å². The lowest BCUT2D eigenvalue weighted by atomic mass is 10.1. The Bertz CT molecular complexity index is 922. The van der Waals surface area contributed by atoms with Crippen molar-refractivity contribution in [3.63, 3.8) is 0 Å². The third-order valence-corrected chi connectivity index (χ3v) is 3.47. The molecule has 3 rings (SSSR count). The fourth-order valence-corrected chi connectivity index (χ4v) is 2.39. The molecule has 0 radical (unpaired) electrons. The van der Waals surface area contributed by atoms with Gasteiger partial charge in [0.2, 0.25) is 0 Å². The van der Waals surface area contributed by atoms with E-state index >= 15 is 0 Å². The Kier molecular flexibility index (Phi) is 4.04. The standard InChI is InChI=1S/C17H14N4O2/c1-23-17-13(7-18)3-5-15-16(17)14(20-21-15)4-2-11-6-12(10-22)9-19-8-11/h2-6,8-9,22H,10H2,1H3,(H,20,21)/b4-2+. The Hall–Kier alpha value is -3.17. The molecule has 114 valence electrons. The SMILES string of the molecule is COc1c(C#N)ccc2[nH]nc(/C=C/c3cncc(CO)c3)c12. The highest BCUT2D eigenvalue weighted by molar-refractivity contribution is 5.95. The lowest BCUT2D eigenvalue weighted by Gasteiger charge is -2.04. The first kappa shape index (κ1) is 14.8. The van der Waals surface area contributed by atoms with E-state index in [0.29, 0.717) is 17.0 Å². The molecule has 2 N–H and O–H groups in total. The zero-order valence-electron chi connectivity index (χ0n) is 12.4. The monoisotopic (exact) mass is 306 g/mol. The van der Waals surface area contributed by atoms with E-state index in [9.17, 15) is 5.26 Å². The average molecular weight is 306 g/mol. The van der Waals surface area contributed by atoms with Gasteiger partial charge in [-0.2, -0.15) is 10.4 Å². The van der Waals surface area contributed by atoms with Gasteiger partial charge in [-0.1, -0.05) is 6.08 Å². The quantitative estimate of drug-likeness (QED) is 0.772. The number of rotatable bonds is 4. The van der Waals surface area contributed by atoms with Crippen LogP contribution in [0, 0.1) is 11.3 Å². The van der Waals surface area contributed by atoms with E-state index in [0.717, 1.165) is 22.0 Å². The summed E-state index contributed by atoms with van der Waals surface area (Å²) in [5, 5.41) is 26.3. The molecule has 2 aromatic heterocycles. The summed E-state index contributed by atoms with van der Waals surface area (Å²) in [7, 11) is 1.53. The molecule has 0 aliphatic rings. The number of aromatic nitrogens is 3. The molecule has 23 heavy (non-hydrogen) atoms. The average Bonchev–Trinajstić information content (AvgIpc) is 3.02. The first-order valence-corrected chi connectivity index (χ1v) is 6.95. The number of hydrogen-bond donors (Lipinski definition) is 2. The van der Waals surface area contributed by atoms with Crippen LogP contribution in [0.3, 0.4) is 0 Å². The predicted octanol–water partition coefficient (Wildman–Crippen LogP) is 2.50. The molecular weight excluding hydrogens is 292 g/mol. The molecule has 3 aromatic rings. The van der Waals surface area contributed by atoms with Gasteiger partial charge in [0.05, 0.1) is 35.9 Å². The topological polar surface area (TPSA) is 94.8 Å². The van der Waals surface area contributed by atoms with Gasteiger partial charge in [-0.05, 0) is 35.4 Å². The summed E-state index contributed by atoms with van der Waals surface area (Å²) < 4.78 is 5.38. The van der Waals surface area contributed by atoms with E-state index in [1.54, 1.807) is 24.5 Å². The lowest BCUT2D eigenvalue weighted by molar-refractivity contribution is 0.281. The number of fused-ring (bicyclic) bond motifs is 1. The van der Waals surface area contributed by atoms with Crippen molar-refractivity contribution in [1.82, 2.24) is 15.2 Å². The number of aromatic amines is 1. The maximum Gasteiger partial charge on any atom is 0.148 e. The van der Waals surface area contributed by atoms with Crippen molar-refractivity contribution in [2.24, 2.45) is 0 Å². The molecular formula is C17H14N4O2. The normalized spacial score (nSPS) is 11.0. The van der Waals surface area contributed by atoms with E-state index in [4.69, 9.17) is 9.84 Å². The van der Waals surface area contributed by atoms with Gasteiger partial charge in [0, 0.05) is 12.4 Å². The van der Waals surface area contributed by atoms with Gasteiger partial charge < -0.3 is 9.84 Å². The Morgan fingerprint density at radius 1 is 1.35 bits per heavy atom. The number of aliphatic hydroxyl groups is 1. The summed E-state index contributed by atoms with van der Waals surface area (Å²) in [6.45, 7) is -0.0562. The molecule has 0 amide bonds. The number of pyridine rings is 1. The van der Waals surface area contributed by atoms with E-state index in [-0.39, 0.29) is 6.61 Å². The predicted molar refractivity (Wildman–Crippen MR) is 86.4 cm³/mol. The Morgan fingerprint density at radius 3 is 2.96 bits per heavy atom. The molecule has 2 heterocycles. The van der Waals surface area contributed by atoms with Crippen LogP contribution in [0.1, 0.15) is 22.4 Å². The Labute approximate surface area is 132 Å². The van der Waals surface area contributed by atoms with Crippen LogP contribution in [-0.2, 0) is 6.61 Å². The van der Waals surface area contributed by atoms with Crippen molar-refractivity contribution >= 4 is 23.1 Å². The Morgan fingerprint density at radius 2 is 2.22 bits per heavy atom. The second kappa shape index (κ2) is 6.30. The molecule has 0 unspecified atom stereocenters. The van der Waals surface area contributed by atoms with Crippen molar-refractivity contribution in [1.29, 1.82) is 5.26 Å². The number of methoxy groups -OCH3 is 1. The molecule has 0 fully saturated rings. The van der Waals surface area contributed by atoms with E-state index in [1.165, 1.54) is 7.11 Å². The van der Waals surface area contributed by atoms with Crippen LogP contribution in [0.2, 0.25) is 0 Å². The molecule has 1 aromatic carbocycles.